The number of nitrogens with zero attached hydrogens (tertiary/aromatic N) is 1. The van der Waals surface area contributed by atoms with Gasteiger partial charge >= 0.3 is 12.1 Å². The van der Waals surface area contributed by atoms with E-state index in [0.717, 1.165) is 11.1 Å². The van der Waals surface area contributed by atoms with Crippen molar-refractivity contribution >= 4 is 18.0 Å². The van der Waals surface area contributed by atoms with Crippen LogP contribution in [-0.2, 0) is 14.3 Å². The van der Waals surface area contributed by atoms with Crippen LogP contribution in [0.2, 0.25) is 0 Å². The van der Waals surface area contributed by atoms with E-state index >= 15 is 0 Å². The van der Waals surface area contributed by atoms with Gasteiger partial charge in [0.15, 0.2) is 0 Å². The molecule has 0 aromatic heterocycles. The van der Waals surface area contributed by atoms with E-state index in [1.165, 1.54) is 16.0 Å². The van der Waals surface area contributed by atoms with Gasteiger partial charge in [0.2, 0.25) is 5.91 Å². The molecule has 2 N–H and O–H groups in total. The Kier molecular flexibility index (Phi) is 7.74. The smallest absolute Gasteiger partial charge is 0.407 e. The van der Waals surface area contributed by atoms with E-state index in [1.807, 2.05) is 45.0 Å². The van der Waals surface area contributed by atoms with Crippen LogP contribution in [0.1, 0.15) is 50.7 Å². The average Bonchev–Trinajstić information content (AvgIpc) is 3.07. The lowest BCUT2D eigenvalue weighted by atomic mass is 9.96. The van der Waals surface area contributed by atoms with Gasteiger partial charge in [0.25, 0.3) is 0 Å². The van der Waals surface area contributed by atoms with Crippen molar-refractivity contribution in [2.45, 2.75) is 39.5 Å². The van der Waals surface area contributed by atoms with Crippen molar-refractivity contribution in [3.8, 4) is 11.1 Å². The first kappa shape index (κ1) is 24.3. The van der Waals surface area contributed by atoms with Crippen LogP contribution in [0, 0.1) is 5.41 Å². The maximum absolute atomic E-state index is 12.5. The Labute approximate surface area is 194 Å². The molecule has 0 aliphatic heterocycles. The second-order valence-electron chi connectivity index (χ2n) is 9.56. The normalized spacial score (nSPS) is 12.6. The number of hydrogen-bond donors (Lipinski definition) is 2. The number of hydrogen-bond acceptors (Lipinski definition) is 4. The minimum atomic E-state index is -1.04. The van der Waals surface area contributed by atoms with Gasteiger partial charge in [0, 0.05) is 25.4 Å². The van der Waals surface area contributed by atoms with Crippen molar-refractivity contribution in [1.29, 1.82) is 0 Å². The van der Waals surface area contributed by atoms with Crippen molar-refractivity contribution in [3.63, 3.8) is 0 Å². The molecule has 1 aliphatic rings. The first-order valence-corrected chi connectivity index (χ1v) is 11.2. The number of aliphatic carboxylic acids is 1. The summed E-state index contributed by atoms with van der Waals surface area (Å²) in [5.41, 5.74) is 4.43. The topological polar surface area (TPSA) is 95.9 Å². The van der Waals surface area contributed by atoms with Crippen LogP contribution < -0.4 is 5.32 Å². The zero-order valence-corrected chi connectivity index (χ0v) is 19.5. The standard InChI is InChI=1S/C26H32N2O5/c1-26(2,3)17-28(15-24(30)31)23(29)13-8-14-27-25(32)33-16-22-20-11-6-4-9-18(20)19-10-5-7-12-21(19)22/h4-7,9-12,22H,8,13-17H2,1-3H3,(H,27,32)(H,30,31). The zero-order chi connectivity index (χ0) is 24.0. The summed E-state index contributed by atoms with van der Waals surface area (Å²) in [6, 6.07) is 16.3. The molecule has 0 radical (unpaired) electrons. The third-order valence-corrected chi connectivity index (χ3v) is 5.52. The Morgan fingerprint density at radius 2 is 1.58 bits per heavy atom. The lowest BCUT2D eigenvalue weighted by Crippen LogP contribution is -2.41. The first-order valence-electron chi connectivity index (χ1n) is 11.2. The van der Waals surface area contributed by atoms with Gasteiger partial charge in [-0.3, -0.25) is 9.59 Å². The van der Waals surface area contributed by atoms with Gasteiger partial charge in [0.1, 0.15) is 13.2 Å². The number of carboxylic acid groups (broad SMARTS) is 1. The molecule has 33 heavy (non-hydrogen) atoms. The predicted molar refractivity (Wildman–Crippen MR) is 126 cm³/mol. The number of benzene rings is 2. The summed E-state index contributed by atoms with van der Waals surface area (Å²) in [7, 11) is 0. The van der Waals surface area contributed by atoms with E-state index < -0.39 is 12.1 Å². The van der Waals surface area contributed by atoms with E-state index in [9.17, 15) is 14.4 Å². The Balaban J connectivity index is 1.46. The molecule has 0 bridgehead atoms. The molecule has 0 spiro atoms. The summed E-state index contributed by atoms with van der Waals surface area (Å²) in [4.78, 5) is 37.1. The fraction of sp³-hybridized carbons (Fsp3) is 0.423. The highest BCUT2D eigenvalue weighted by Crippen LogP contribution is 2.44. The number of rotatable bonds is 9. The minimum absolute atomic E-state index is 0.00768. The van der Waals surface area contributed by atoms with Gasteiger partial charge in [-0.1, -0.05) is 69.3 Å². The number of alkyl carbamates (subject to hydrolysis) is 1. The van der Waals surface area contributed by atoms with E-state index in [4.69, 9.17) is 9.84 Å². The molecule has 176 valence electrons. The summed E-state index contributed by atoms with van der Waals surface area (Å²) in [6.07, 6.45) is 0.0393. The monoisotopic (exact) mass is 452 g/mol. The molecule has 2 aromatic rings. The number of amides is 2. The quantitative estimate of drug-likeness (QED) is 0.554. The van der Waals surface area contributed by atoms with Crippen molar-refractivity contribution in [3.05, 3.63) is 59.7 Å². The molecule has 0 heterocycles. The largest absolute Gasteiger partial charge is 0.480 e. The third kappa shape index (κ3) is 6.57. The second kappa shape index (κ2) is 10.5. The van der Waals surface area contributed by atoms with Crippen molar-refractivity contribution < 1.29 is 24.2 Å². The second-order valence-corrected chi connectivity index (χ2v) is 9.56. The summed E-state index contributed by atoms with van der Waals surface area (Å²) >= 11 is 0. The molecule has 2 amide bonds. The van der Waals surface area contributed by atoms with E-state index in [2.05, 4.69) is 29.6 Å². The Bertz CT molecular complexity index is 966. The maximum atomic E-state index is 12.5. The lowest BCUT2D eigenvalue weighted by molar-refractivity contribution is -0.145. The van der Waals surface area contributed by atoms with Crippen LogP contribution in [-0.4, -0.2) is 54.2 Å². The third-order valence-electron chi connectivity index (χ3n) is 5.52. The molecule has 0 fully saturated rings. The van der Waals surface area contributed by atoms with Crippen LogP contribution >= 0.6 is 0 Å². The molecular formula is C26H32N2O5. The van der Waals surface area contributed by atoms with Crippen LogP contribution in [0.4, 0.5) is 4.79 Å². The number of nitrogens with one attached hydrogen (secondary N) is 1. The summed E-state index contributed by atoms with van der Waals surface area (Å²) in [6.45, 7) is 6.40. The number of carbonyl (C=O) groups excluding carboxylic acids is 2. The zero-order valence-electron chi connectivity index (χ0n) is 19.5. The number of carboxylic acids is 1. The van der Waals surface area contributed by atoms with Crippen molar-refractivity contribution in [2.24, 2.45) is 5.41 Å². The maximum Gasteiger partial charge on any atom is 0.407 e. The molecule has 0 saturated heterocycles. The van der Waals surface area contributed by atoms with Crippen LogP contribution in [0.3, 0.4) is 0 Å². The van der Waals surface area contributed by atoms with Gasteiger partial charge in [-0.15, -0.1) is 0 Å². The van der Waals surface area contributed by atoms with Gasteiger partial charge in [-0.2, -0.15) is 0 Å². The molecule has 0 atom stereocenters. The van der Waals surface area contributed by atoms with Crippen LogP contribution in [0.25, 0.3) is 11.1 Å². The van der Waals surface area contributed by atoms with E-state index in [-0.39, 0.29) is 43.4 Å². The van der Waals surface area contributed by atoms with Gasteiger partial charge < -0.3 is 20.1 Å². The Morgan fingerprint density at radius 1 is 1.00 bits per heavy atom. The molecule has 3 rings (SSSR count). The number of ether oxygens (including phenoxy) is 1. The fourth-order valence-electron chi connectivity index (χ4n) is 4.21. The first-order chi connectivity index (χ1) is 15.7. The summed E-state index contributed by atoms with van der Waals surface area (Å²) < 4.78 is 5.49. The number of fused-ring (bicyclic) bond motifs is 3. The van der Waals surface area contributed by atoms with Crippen LogP contribution in [0.5, 0.6) is 0 Å². The Hall–Kier alpha value is -3.35. The summed E-state index contributed by atoms with van der Waals surface area (Å²) in [5, 5.41) is 11.8. The average molecular weight is 453 g/mol. The molecule has 0 saturated carbocycles. The number of carbonyl (C=O) groups is 3. The molecule has 0 unspecified atom stereocenters. The SMILES string of the molecule is CC(C)(C)CN(CC(=O)O)C(=O)CCCNC(=O)OCC1c2ccccc2-c2ccccc21. The molecule has 7 heteroatoms. The Morgan fingerprint density at radius 3 is 2.12 bits per heavy atom. The molecule has 7 nitrogen and oxygen atoms in total. The van der Waals surface area contributed by atoms with Crippen molar-refractivity contribution in [2.75, 3.05) is 26.2 Å². The van der Waals surface area contributed by atoms with Gasteiger partial charge in [0.05, 0.1) is 0 Å². The summed E-state index contributed by atoms with van der Waals surface area (Å²) in [5.74, 6) is -1.28. The lowest BCUT2D eigenvalue weighted by Gasteiger charge is -2.28. The van der Waals surface area contributed by atoms with E-state index in [1.54, 1.807) is 0 Å². The fourth-order valence-corrected chi connectivity index (χ4v) is 4.21. The van der Waals surface area contributed by atoms with Crippen molar-refractivity contribution in [1.82, 2.24) is 10.2 Å². The van der Waals surface area contributed by atoms with Gasteiger partial charge in [-0.25, -0.2) is 4.79 Å². The minimum Gasteiger partial charge on any atom is -0.480 e. The van der Waals surface area contributed by atoms with Gasteiger partial charge in [-0.05, 0) is 34.1 Å². The molecular weight excluding hydrogens is 420 g/mol. The predicted octanol–water partition coefficient (Wildman–Crippen LogP) is 4.26. The molecule has 2 aromatic carbocycles. The molecule has 1 aliphatic carbocycles. The highest BCUT2D eigenvalue weighted by atomic mass is 16.5. The highest BCUT2D eigenvalue weighted by Gasteiger charge is 2.29. The van der Waals surface area contributed by atoms with E-state index in [0.29, 0.717) is 13.0 Å². The highest BCUT2D eigenvalue weighted by molar-refractivity contribution is 5.81. The van der Waals surface area contributed by atoms with Crippen LogP contribution in [0.15, 0.2) is 48.5 Å².